The van der Waals surface area contributed by atoms with Gasteiger partial charge in [0.05, 0.1) is 11.6 Å². The molecule has 0 aromatic carbocycles. The van der Waals surface area contributed by atoms with Crippen molar-refractivity contribution >= 4 is 18.3 Å². The molecule has 2 unspecified atom stereocenters. The molecule has 4 N–H and O–H groups in total. The first-order valence-corrected chi connectivity index (χ1v) is 6.22. The first-order valence-electron chi connectivity index (χ1n) is 6.22. The molecule has 0 bridgehead atoms. The van der Waals surface area contributed by atoms with E-state index in [1.54, 1.807) is 0 Å². The zero-order chi connectivity index (χ0) is 11.8. The van der Waals surface area contributed by atoms with Crippen molar-refractivity contribution in [1.29, 1.82) is 0 Å². The van der Waals surface area contributed by atoms with Gasteiger partial charge in [-0.3, -0.25) is 4.79 Å². The van der Waals surface area contributed by atoms with Gasteiger partial charge in [-0.1, -0.05) is 19.8 Å². The van der Waals surface area contributed by atoms with Crippen LogP contribution in [-0.4, -0.2) is 29.2 Å². The van der Waals surface area contributed by atoms with Crippen molar-refractivity contribution in [3.8, 4) is 0 Å². The van der Waals surface area contributed by atoms with E-state index in [-0.39, 0.29) is 29.8 Å². The highest BCUT2D eigenvalue weighted by molar-refractivity contribution is 5.89. The molecule has 2 saturated carbocycles. The molecule has 4 nitrogen and oxygen atoms in total. The Morgan fingerprint density at radius 2 is 2.06 bits per heavy atom. The molecule has 2 aliphatic rings. The summed E-state index contributed by atoms with van der Waals surface area (Å²) in [5.74, 6) is -0.0495. The van der Waals surface area contributed by atoms with Crippen molar-refractivity contribution in [2.45, 2.75) is 57.1 Å². The van der Waals surface area contributed by atoms with Crippen molar-refractivity contribution in [1.82, 2.24) is 5.32 Å². The molecule has 17 heavy (non-hydrogen) atoms. The summed E-state index contributed by atoms with van der Waals surface area (Å²) in [4.78, 5) is 11.7. The second kappa shape index (κ2) is 5.12. The molecule has 0 spiro atoms. The fraction of sp³-hybridized carbons (Fsp3) is 0.917. The minimum atomic E-state index is -0.601. The number of carbonyl (C=O) groups is 1. The number of nitrogens with two attached hydrogens (primary N) is 1. The lowest BCUT2D eigenvalue weighted by molar-refractivity contribution is -0.124. The van der Waals surface area contributed by atoms with Crippen LogP contribution in [0.2, 0.25) is 0 Å². The van der Waals surface area contributed by atoms with Gasteiger partial charge in [-0.25, -0.2) is 0 Å². The van der Waals surface area contributed by atoms with Crippen molar-refractivity contribution in [2.24, 2.45) is 11.1 Å². The van der Waals surface area contributed by atoms with Crippen molar-refractivity contribution in [3.05, 3.63) is 0 Å². The summed E-state index contributed by atoms with van der Waals surface area (Å²) in [6.45, 7) is 2.60. The Hall–Kier alpha value is -0.320. The van der Waals surface area contributed by atoms with Gasteiger partial charge in [0.2, 0.25) is 5.91 Å². The van der Waals surface area contributed by atoms with E-state index in [0.717, 1.165) is 38.5 Å². The molecule has 0 aromatic heterocycles. The number of rotatable bonds is 3. The molecule has 0 aromatic rings. The van der Waals surface area contributed by atoms with Gasteiger partial charge >= 0.3 is 0 Å². The summed E-state index contributed by atoms with van der Waals surface area (Å²) in [6.07, 6.45) is 5.33. The lowest BCUT2D eigenvalue weighted by Gasteiger charge is -2.38. The van der Waals surface area contributed by atoms with Crippen LogP contribution in [0.25, 0.3) is 0 Å². The maximum absolute atomic E-state index is 11.7. The van der Waals surface area contributed by atoms with Gasteiger partial charge in [0.15, 0.2) is 0 Å². The average molecular weight is 263 g/mol. The number of hydrogen-bond donors (Lipinski definition) is 3. The maximum Gasteiger partial charge on any atom is 0.240 e. The second-order valence-corrected chi connectivity index (χ2v) is 5.75. The quantitative estimate of drug-likeness (QED) is 0.709. The van der Waals surface area contributed by atoms with E-state index in [9.17, 15) is 9.90 Å². The van der Waals surface area contributed by atoms with E-state index in [4.69, 9.17) is 5.73 Å². The van der Waals surface area contributed by atoms with E-state index in [2.05, 4.69) is 5.32 Å². The highest BCUT2D eigenvalue weighted by Crippen LogP contribution is 2.36. The average Bonchev–Trinajstić information content (AvgIpc) is 2.99. The number of halogens is 1. The lowest BCUT2D eigenvalue weighted by Crippen LogP contribution is -2.50. The first-order chi connectivity index (χ1) is 7.46. The molecule has 1 amide bonds. The molecule has 2 fully saturated rings. The minimum Gasteiger partial charge on any atom is -0.392 e. The van der Waals surface area contributed by atoms with Crippen LogP contribution in [0.4, 0.5) is 0 Å². The smallest absolute Gasteiger partial charge is 0.240 e. The zero-order valence-corrected chi connectivity index (χ0v) is 11.2. The third kappa shape index (κ3) is 3.12. The minimum absolute atomic E-state index is 0. The summed E-state index contributed by atoms with van der Waals surface area (Å²) in [5, 5.41) is 12.9. The topological polar surface area (TPSA) is 75.4 Å². The number of nitrogens with one attached hydrogen (secondary N) is 1. The third-order valence-corrected chi connectivity index (χ3v) is 4.17. The number of hydrogen-bond acceptors (Lipinski definition) is 3. The number of carbonyl (C=O) groups excluding carboxylic acids is 1. The molecule has 0 heterocycles. The van der Waals surface area contributed by atoms with Crippen LogP contribution >= 0.6 is 12.4 Å². The van der Waals surface area contributed by atoms with Gasteiger partial charge in [-0.15, -0.1) is 12.4 Å². The molecule has 0 aliphatic heterocycles. The predicted octanol–water partition coefficient (Wildman–Crippen LogP) is 0.957. The Morgan fingerprint density at radius 3 is 2.59 bits per heavy atom. The van der Waals surface area contributed by atoms with E-state index in [1.165, 1.54) is 0 Å². The van der Waals surface area contributed by atoms with Gasteiger partial charge in [0, 0.05) is 12.0 Å². The van der Waals surface area contributed by atoms with Gasteiger partial charge < -0.3 is 16.2 Å². The van der Waals surface area contributed by atoms with Crippen LogP contribution in [0.1, 0.15) is 45.4 Å². The number of amides is 1. The number of aliphatic hydroxyl groups is 1. The highest BCUT2D eigenvalue weighted by Gasteiger charge is 2.46. The molecule has 2 aliphatic carbocycles. The Kier molecular flexibility index (Phi) is 4.44. The fourth-order valence-corrected chi connectivity index (χ4v) is 2.41. The summed E-state index contributed by atoms with van der Waals surface area (Å²) in [6, 6.07) is 0. The monoisotopic (exact) mass is 262 g/mol. The molecular weight excluding hydrogens is 240 g/mol. The SMILES string of the molecule is CC1(CNC(=O)C2(N)CC2)CCCCC1O.Cl. The van der Waals surface area contributed by atoms with Crippen molar-refractivity contribution < 1.29 is 9.90 Å². The first kappa shape index (κ1) is 14.7. The third-order valence-electron chi connectivity index (χ3n) is 4.17. The molecule has 0 radical (unpaired) electrons. The van der Waals surface area contributed by atoms with Crippen molar-refractivity contribution in [2.75, 3.05) is 6.54 Å². The number of aliphatic hydroxyl groups excluding tert-OH is 1. The van der Waals surface area contributed by atoms with E-state index in [1.807, 2.05) is 6.92 Å². The van der Waals surface area contributed by atoms with Gasteiger partial charge in [0.25, 0.3) is 0 Å². The van der Waals surface area contributed by atoms with Crippen LogP contribution < -0.4 is 11.1 Å². The fourth-order valence-electron chi connectivity index (χ4n) is 2.41. The molecular formula is C12H23ClN2O2. The van der Waals surface area contributed by atoms with E-state index < -0.39 is 5.54 Å². The van der Waals surface area contributed by atoms with Crippen LogP contribution in [0.3, 0.4) is 0 Å². The Bertz CT molecular complexity index is 294. The zero-order valence-electron chi connectivity index (χ0n) is 10.4. The lowest BCUT2D eigenvalue weighted by atomic mass is 9.73. The molecule has 5 heteroatoms. The molecule has 100 valence electrons. The Labute approximate surface area is 109 Å². The van der Waals surface area contributed by atoms with Crippen LogP contribution in [0.5, 0.6) is 0 Å². The van der Waals surface area contributed by atoms with Crippen molar-refractivity contribution in [3.63, 3.8) is 0 Å². The maximum atomic E-state index is 11.7. The van der Waals surface area contributed by atoms with E-state index in [0.29, 0.717) is 6.54 Å². The van der Waals surface area contributed by atoms with Crippen LogP contribution in [0.15, 0.2) is 0 Å². The molecule has 2 atom stereocenters. The van der Waals surface area contributed by atoms with Gasteiger partial charge in [-0.05, 0) is 25.7 Å². The largest absolute Gasteiger partial charge is 0.392 e. The predicted molar refractivity (Wildman–Crippen MR) is 69.0 cm³/mol. The normalized spacial score (nSPS) is 34.6. The summed E-state index contributed by atoms with van der Waals surface area (Å²) < 4.78 is 0. The van der Waals surface area contributed by atoms with E-state index >= 15 is 0 Å². The summed E-state index contributed by atoms with van der Waals surface area (Å²) >= 11 is 0. The summed E-state index contributed by atoms with van der Waals surface area (Å²) in [5.41, 5.74) is 5.04. The Balaban J connectivity index is 0.00000144. The standard InChI is InChI=1S/C12H22N2O2.ClH/c1-11(5-3-2-4-9(11)15)8-14-10(16)12(13)6-7-12;/h9,15H,2-8,13H2,1H3,(H,14,16);1H. The van der Waals surface area contributed by atoms with Gasteiger partial charge in [0.1, 0.15) is 0 Å². The van der Waals surface area contributed by atoms with Crippen LogP contribution in [-0.2, 0) is 4.79 Å². The second-order valence-electron chi connectivity index (χ2n) is 5.75. The van der Waals surface area contributed by atoms with Gasteiger partial charge in [-0.2, -0.15) is 0 Å². The Morgan fingerprint density at radius 1 is 1.41 bits per heavy atom. The molecule has 0 saturated heterocycles. The van der Waals surface area contributed by atoms with Crippen LogP contribution in [0, 0.1) is 5.41 Å². The molecule has 2 rings (SSSR count). The highest BCUT2D eigenvalue weighted by atomic mass is 35.5. The summed E-state index contributed by atoms with van der Waals surface area (Å²) in [7, 11) is 0.